The normalized spacial score (nSPS) is 15.1. The molecule has 5 rings (SSSR count). The summed E-state index contributed by atoms with van der Waals surface area (Å²) in [6.45, 7) is 1.95. The third-order valence-electron chi connectivity index (χ3n) is 5.01. The molecule has 1 saturated carbocycles. The molecule has 0 aliphatic heterocycles. The van der Waals surface area contributed by atoms with Crippen molar-refractivity contribution in [1.82, 2.24) is 19.5 Å². The van der Waals surface area contributed by atoms with E-state index < -0.39 is 0 Å². The maximum Gasteiger partial charge on any atom is 0.253 e. The molecule has 1 aliphatic rings. The molecule has 0 bridgehead atoms. The third-order valence-corrected chi connectivity index (χ3v) is 6.19. The number of rotatable bonds is 5. The van der Waals surface area contributed by atoms with E-state index in [9.17, 15) is 4.79 Å². The summed E-state index contributed by atoms with van der Waals surface area (Å²) < 4.78 is 2.22. The average molecular weight is 412 g/mol. The van der Waals surface area contributed by atoms with Gasteiger partial charge < -0.3 is 14.9 Å². The quantitative estimate of drug-likeness (QED) is 0.484. The Bertz CT molecular complexity index is 1220. The Morgan fingerprint density at radius 2 is 2.18 bits per heavy atom. The zero-order chi connectivity index (χ0) is 19.3. The highest BCUT2D eigenvalue weighted by Gasteiger charge is 2.26. The number of imidazole rings is 1. The average Bonchev–Trinajstić information content (AvgIpc) is 3.21. The minimum absolute atomic E-state index is 0.113. The van der Waals surface area contributed by atoms with Crippen molar-refractivity contribution in [3.05, 3.63) is 63.9 Å². The van der Waals surface area contributed by atoms with Crippen LogP contribution in [0, 0.1) is 0 Å². The number of halogens is 1. The second-order valence-electron chi connectivity index (χ2n) is 7.10. The highest BCUT2D eigenvalue weighted by Crippen LogP contribution is 2.40. The molecule has 3 aromatic heterocycles. The topological polar surface area (TPSA) is 75.6 Å². The van der Waals surface area contributed by atoms with Gasteiger partial charge in [-0.3, -0.25) is 4.79 Å². The summed E-state index contributed by atoms with van der Waals surface area (Å²) in [5, 5.41) is 5.67. The van der Waals surface area contributed by atoms with Crippen molar-refractivity contribution < 1.29 is 0 Å². The molecule has 28 heavy (non-hydrogen) atoms. The summed E-state index contributed by atoms with van der Waals surface area (Å²) >= 11 is 7.66. The Hall–Kier alpha value is -2.64. The van der Waals surface area contributed by atoms with Gasteiger partial charge in [-0.2, -0.15) is 0 Å². The Kier molecular flexibility index (Phi) is 4.21. The monoisotopic (exact) mass is 411 g/mol. The van der Waals surface area contributed by atoms with Gasteiger partial charge >= 0.3 is 0 Å². The second-order valence-corrected chi connectivity index (χ2v) is 8.57. The van der Waals surface area contributed by atoms with Gasteiger partial charge in [-0.15, -0.1) is 0 Å². The van der Waals surface area contributed by atoms with Gasteiger partial charge in [0.2, 0.25) is 0 Å². The summed E-state index contributed by atoms with van der Waals surface area (Å²) in [4.78, 5) is 25.3. The van der Waals surface area contributed by atoms with E-state index >= 15 is 0 Å². The number of anilines is 1. The van der Waals surface area contributed by atoms with Gasteiger partial charge in [0.1, 0.15) is 0 Å². The van der Waals surface area contributed by atoms with Gasteiger partial charge in [0.05, 0.1) is 29.1 Å². The molecular weight excluding hydrogens is 394 g/mol. The molecule has 0 saturated heterocycles. The lowest BCUT2D eigenvalue weighted by atomic mass is 10.1. The standard InChI is InChI=1S/C20H18ClN5OS/c1-11(15-7-12-6-13(21)2-5-16(12)25-19(15)27)24-20-23-9-18(28-20)17-8-22-10-26(17)14-3-4-14/h2,5-11,14H,3-4H2,1H3,(H,23,24)(H,25,27)/t11-/m1/s1. The molecule has 0 radical (unpaired) electrons. The number of nitrogens with zero attached hydrogens (tertiary/aromatic N) is 3. The van der Waals surface area contributed by atoms with E-state index in [1.807, 2.05) is 43.8 Å². The van der Waals surface area contributed by atoms with Gasteiger partial charge in [0.15, 0.2) is 5.13 Å². The van der Waals surface area contributed by atoms with Crippen LogP contribution < -0.4 is 10.9 Å². The number of fused-ring (bicyclic) bond motifs is 1. The molecule has 0 amide bonds. The number of benzene rings is 1. The highest BCUT2D eigenvalue weighted by molar-refractivity contribution is 7.18. The van der Waals surface area contributed by atoms with Gasteiger partial charge in [-0.1, -0.05) is 22.9 Å². The molecule has 8 heteroatoms. The van der Waals surface area contributed by atoms with Crippen molar-refractivity contribution in [2.75, 3.05) is 5.32 Å². The van der Waals surface area contributed by atoms with Crippen molar-refractivity contribution in [2.45, 2.75) is 31.8 Å². The number of hydrogen-bond acceptors (Lipinski definition) is 5. The first-order valence-corrected chi connectivity index (χ1v) is 10.3. The van der Waals surface area contributed by atoms with E-state index in [2.05, 4.69) is 24.8 Å². The largest absolute Gasteiger partial charge is 0.355 e. The highest BCUT2D eigenvalue weighted by atomic mass is 35.5. The van der Waals surface area contributed by atoms with Crippen LogP contribution >= 0.6 is 22.9 Å². The number of thiazole rings is 1. The molecule has 2 N–H and O–H groups in total. The smallest absolute Gasteiger partial charge is 0.253 e. The molecule has 1 fully saturated rings. The fourth-order valence-electron chi connectivity index (χ4n) is 3.38. The van der Waals surface area contributed by atoms with E-state index in [1.54, 1.807) is 17.4 Å². The van der Waals surface area contributed by atoms with Crippen LogP contribution in [0.2, 0.25) is 5.02 Å². The van der Waals surface area contributed by atoms with Crippen LogP contribution in [0.3, 0.4) is 0 Å². The lowest BCUT2D eigenvalue weighted by Crippen LogP contribution is -2.19. The van der Waals surface area contributed by atoms with Crippen LogP contribution in [0.4, 0.5) is 5.13 Å². The molecule has 0 spiro atoms. The second kappa shape index (κ2) is 6.76. The maximum absolute atomic E-state index is 12.5. The lowest BCUT2D eigenvalue weighted by Gasteiger charge is -2.13. The molecule has 142 valence electrons. The van der Waals surface area contributed by atoms with Crippen LogP contribution in [-0.2, 0) is 0 Å². The lowest BCUT2D eigenvalue weighted by molar-refractivity contribution is 0.749. The fraction of sp³-hybridized carbons (Fsp3) is 0.250. The molecule has 0 unspecified atom stereocenters. The zero-order valence-electron chi connectivity index (χ0n) is 15.1. The minimum Gasteiger partial charge on any atom is -0.355 e. The summed E-state index contributed by atoms with van der Waals surface area (Å²) in [5.41, 5.74) is 2.40. The number of aromatic amines is 1. The van der Waals surface area contributed by atoms with Crippen LogP contribution in [-0.4, -0.2) is 19.5 Å². The van der Waals surface area contributed by atoms with Crippen molar-refractivity contribution >= 4 is 39.0 Å². The first kappa shape index (κ1) is 17.5. The van der Waals surface area contributed by atoms with Crippen LogP contribution in [0.15, 0.2) is 47.8 Å². The molecule has 1 aromatic carbocycles. The molecule has 1 aliphatic carbocycles. The van der Waals surface area contributed by atoms with Gasteiger partial charge in [-0.25, -0.2) is 9.97 Å². The fourth-order valence-corrected chi connectivity index (χ4v) is 4.48. The number of nitrogens with one attached hydrogen (secondary N) is 2. The van der Waals surface area contributed by atoms with Crippen LogP contribution in [0.25, 0.3) is 21.5 Å². The van der Waals surface area contributed by atoms with E-state index in [-0.39, 0.29) is 11.6 Å². The molecule has 4 aromatic rings. The predicted molar refractivity (Wildman–Crippen MR) is 113 cm³/mol. The molecule has 1 atom stereocenters. The number of aromatic nitrogens is 4. The summed E-state index contributed by atoms with van der Waals surface area (Å²) in [7, 11) is 0. The van der Waals surface area contributed by atoms with E-state index in [0.717, 1.165) is 26.6 Å². The van der Waals surface area contributed by atoms with E-state index in [0.29, 0.717) is 16.6 Å². The van der Waals surface area contributed by atoms with Gasteiger partial charge in [-0.05, 0) is 44.0 Å². The summed E-state index contributed by atoms with van der Waals surface area (Å²) in [6, 6.07) is 7.69. The summed E-state index contributed by atoms with van der Waals surface area (Å²) in [5.74, 6) is 0. The Labute approximate surface area is 170 Å². The van der Waals surface area contributed by atoms with Crippen molar-refractivity contribution in [2.24, 2.45) is 0 Å². The Morgan fingerprint density at radius 3 is 3.00 bits per heavy atom. The van der Waals surface area contributed by atoms with E-state index in [1.165, 1.54) is 12.8 Å². The summed E-state index contributed by atoms with van der Waals surface area (Å²) in [6.07, 6.45) is 8.05. The maximum atomic E-state index is 12.5. The van der Waals surface area contributed by atoms with Crippen LogP contribution in [0.1, 0.15) is 37.4 Å². The van der Waals surface area contributed by atoms with Crippen molar-refractivity contribution in [3.8, 4) is 10.6 Å². The number of hydrogen-bond donors (Lipinski definition) is 2. The Balaban J connectivity index is 1.41. The van der Waals surface area contributed by atoms with Crippen molar-refractivity contribution in [3.63, 3.8) is 0 Å². The molecular formula is C20H18ClN5OS. The minimum atomic E-state index is -0.195. The van der Waals surface area contributed by atoms with E-state index in [4.69, 9.17) is 11.6 Å². The van der Waals surface area contributed by atoms with Crippen LogP contribution in [0.5, 0.6) is 0 Å². The molecule has 6 nitrogen and oxygen atoms in total. The SMILES string of the molecule is C[C@@H](Nc1ncc(-c2cncn2C2CC2)s1)c1cc2cc(Cl)ccc2[nH]c1=O. The zero-order valence-corrected chi connectivity index (χ0v) is 16.7. The Morgan fingerprint density at radius 1 is 1.32 bits per heavy atom. The predicted octanol–water partition coefficient (Wildman–Crippen LogP) is 5.01. The third kappa shape index (κ3) is 3.21. The first-order valence-electron chi connectivity index (χ1n) is 9.15. The first-order chi connectivity index (χ1) is 13.6. The van der Waals surface area contributed by atoms with Gasteiger partial charge in [0.25, 0.3) is 5.56 Å². The molecule has 3 heterocycles. The number of pyridine rings is 1. The van der Waals surface area contributed by atoms with Gasteiger partial charge in [0, 0.05) is 33.7 Å². The van der Waals surface area contributed by atoms with Crippen molar-refractivity contribution in [1.29, 1.82) is 0 Å². The number of H-pyrrole nitrogens is 1.